The van der Waals surface area contributed by atoms with E-state index in [-0.39, 0.29) is 6.10 Å². The second-order valence-electron chi connectivity index (χ2n) is 4.99. The Morgan fingerprint density at radius 3 is 2.94 bits per heavy atom. The van der Waals surface area contributed by atoms with Gasteiger partial charge in [-0.05, 0) is 20.3 Å². The molecule has 5 heteroatoms. The number of rotatable bonds is 3. The van der Waals surface area contributed by atoms with Gasteiger partial charge in [0.25, 0.3) is 0 Å². The van der Waals surface area contributed by atoms with Crippen molar-refractivity contribution >= 4 is 5.82 Å². The fourth-order valence-corrected chi connectivity index (χ4v) is 2.39. The molecule has 0 aromatic carbocycles. The smallest absolute Gasteiger partial charge is 0.144 e. The van der Waals surface area contributed by atoms with Crippen LogP contribution in [0.25, 0.3) is 0 Å². The first-order chi connectivity index (χ1) is 8.58. The van der Waals surface area contributed by atoms with Crippen LogP contribution in [0.3, 0.4) is 0 Å². The molecule has 1 aliphatic rings. The Kier molecular flexibility index (Phi) is 4.14. The molecular formula is C13H22N4O. The standard InChI is InChI=1S/C13H22N4O/c1-4-11-8-18-10(3)6-17(11)7-13-15-9(2)5-12(14)16-13/h5,10-11H,4,6-8H2,1-3H3,(H2,14,15,16). The van der Waals surface area contributed by atoms with Crippen LogP contribution >= 0.6 is 0 Å². The van der Waals surface area contributed by atoms with Gasteiger partial charge in [-0.1, -0.05) is 6.92 Å². The van der Waals surface area contributed by atoms with E-state index >= 15 is 0 Å². The van der Waals surface area contributed by atoms with Crippen molar-refractivity contribution < 1.29 is 4.74 Å². The molecule has 100 valence electrons. The van der Waals surface area contributed by atoms with E-state index in [0.717, 1.165) is 37.6 Å². The van der Waals surface area contributed by atoms with E-state index in [0.29, 0.717) is 11.9 Å². The molecule has 1 fully saturated rings. The summed E-state index contributed by atoms with van der Waals surface area (Å²) in [4.78, 5) is 11.1. The summed E-state index contributed by atoms with van der Waals surface area (Å²) in [6.07, 6.45) is 1.35. The van der Waals surface area contributed by atoms with Crippen LogP contribution in [0, 0.1) is 6.92 Å². The van der Waals surface area contributed by atoms with Gasteiger partial charge in [-0.15, -0.1) is 0 Å². The molecule has 0 saturated carbocycles. The van der Waals surface area contributed by atoms with Gasteiger partial charge in [0, 0.05) is 24.3 Å². The molecule has 0 radical (unpaired) electrons. The van der Waals surface area contributed by atoms with Gasteiger partial charge in [-0.2, -0.15) is 0 Å². The first kappa shape index (κ1) is 13.2. The van der Waals surface area contributed by atoms with Crippen LogP contribution in [-0.4, -0.2) is 40.2 Å². The number of aryl methyl sites for hydroxylation is 1. The van der Waals surface area contributed by atoms with E-state index < -0.39 is 0 Å². The molecule has 2 atom stereocenters. The first-order valence-corrected chi connectivity index (χ1v) is 6.54. The summed E-state index contributed by atoms with van der Waals surface area (Å²) in [5.74, 6) is 1.35. The predicted octanol–water partition coefficient (Wildman–Crippen LogP) is 1.37. The van der Waals surface area contributed by atoms with Crippen LogP contribution in [0.15, 0.2) is 6.07 Å². The molecule has 2 heterocycles. The summed E-state index contributed by atoms with van der Waals surface area (Å²) in [6.45, 7) is 8.69. The summed E-state index contributed by atoms with van der Waals surface area (Å²) in [5, 5.41) is 0. The highest BCUT2D eigenvalue weighted by Crippen LogP contribution is 2.17. The van der Waals surface area contributed by atoms with Gasteiger partial charge in [0.2, 0.25) is 0 Å². The summed E-state index contributed by atoms with van der Waals surface area (Å²) in [5.41, 5.74) is 6.69. The van der Waals surface area contributed by atoms with Crippen LogP contribution in [0.5, 0.6) is 0 Å². The molecule has 2 rings (SSSR count). The Balaban J connectivity index is 2.10. The Hall–Kier alpha value is -1.20. The normalized spacial score (nSPS) is 25.3. The van der Waals surface area contributed by atoms with Gasteiger partial charge in [0.1, 0.15) is 11.6 Å². The lowest BCUT2D eigenvalue weighted by molar-refractivity contribution is -0.0600. The number of morpholine rings is 1. The molecule has 1 aliphatic heterocycles. The third-order valence-electron chi connectivity index (χ3n) is 3.32. The molecule has 2 unspecified atom stereocenters. The Labute approximate surface area is 108 Å². The second kappa shape index (κ2) is 5.63. The summed E-state index contributed by atoms with van der Waals surface area (Å²) < 4.78 is 5.69. The lowest BCUT2D eigenvalue weighted by atomic mass is 10.1. The molecule has 2 N–H and O–H groups in total. The fraction of sp³-hybridized carbons (Fsp3) is 0.692. The number of hydrogen-bond donors (Lipinski definition) is 1. The number of hydrogen-bond acceptors (Lipinski definition) is 5. The maximum Gasteiger partial charge on any atom is 0.144 e. The van der Waals surface area contributed by atoms with Gasteiger partial charge in [-0.3, -0.25) is 4.90 Å². The SMILES string of the molecule is CCC1COC(C)CN1Cc1nc(C)cc(N)n1. The molecule has 0 spiro atoms. The maximum absolute atomic E-state index is 5.76. The maximum atomic E-state index is 5.76. The van der Waals surface area contributed by atoms with Gasteiger partial charge >= 0.3 is 0 Å². The first-order valence-electron chi connectivity index (χ1n) is 6.54. The van der Waals surface area contributed by atoms with Crippen LogP contribution < -0.4 is 5.73 Å². The highest BCUT2D eigenvalue weighted by molar-refractivity contribution is 5.29. The second-order valence-corrected chi connectivity index (χ2v) is 4.99. The third-order valence-corrected chi connectivity index (χ3v) is 3.32. The van der Waals surface area contributed by atoms with E-state index in [4.69, 9.17) is 10.5 Å². The van der Waals surface area contributed by atoms with Crippen molar-refractivity contribution in [3.63, 3.8) is 0 Å². The average Bonchev–Trinajstić information content (AvgIpc) is 2.27. The van der Waals surface area contributed by atoms with Crippen molar-refractivity contribution in [2.24, 2.45) is 0 Å². The molecule has 1 aromatic heterocycles. The van der Waals surface area contributed by atoms with E-state index in [2.05, 4.69) is 28.7 Å². The van der Waals surface area contributed by atoms with Crippen LogP contribution in [0.4, 0.5) is 5.82 Å². The van der Waals surface area contributed by atoms with Crippen molar-refractivity contribution in [1.82, 2.24) is 14.9 Å². The topological polar surface area (TPSA) is 64.3 Å². The van der Waals surface area contributed by atoms with Crippen LogP contribution in [-0.2, 0) is 11.3 Å². The average molecular weight is 250 g/mol. The lowest BCUT2D eigenvalue weighted by Crippen LogP contribution is -2.48. The molecular weight excluding hydrogens is 228 g/mol. The van der Waals surface area contributed by atoms with Crippen LogP contribution in [0.2, 0.25) is 0 Å². The zero-order chi connectivity index (χ0) is 13.1. The lowest BCUT2D eigenvalue weighted by Gasteiger charge is -2.37. The van der Waals surface area contributed by atoms with E-state index in [1.165, 1.54) is 0 Å². The Morgan fingerprint density at radius 1 is 1.50 bits per heavy atom. The van der Waals surface area contributed by atoms with Gasteiger partial charge in [0.15, 0.2) is 0 Å². The van der Waals surface area contributed by atoms with Crippen molar-refractivity contribution in [2.45, 2.75) is 45.9 Å². The minimum absolute atomic E-state index is 0.273. The quantitative estimate of drug-likeness (QED) is 0.877. The number of aromatic nitrogens is 2. The Bertz CT molecular complexity index is 390. The van der Waals surface area contributed by atoms with Crippen molar-refractivity contribution in [3.8, 4) is 0 Å². The number of nitrogens with two attached hydrogens (primary N) is 1. The monoisotopic (exact) mass is 250 g/mol. The number of nitrogen functional groups attached to an aromatic ring is 1. The summed E-state index contributed by atoms with van der Waals surface area (Å²) >= 11 is 0. The fourth-order valence-electron chi connectivity index (χ4n) is 2.39. The van der Waals surface area contributed by atoms with E-state index in [1.54, 1.807) is 6.07 Å². The molecule has 0 bridgehead atoms. The van der Waals surface area contributed by atoms with Gasteiger partial charge in [-0.25, -0.2) is 9.97 Å². The van der Waals surface area contributed by atoms with Crippen LogP contribution in [0.1, 0.15) is 31.8 Å². The molecule has 1 aromatic rings. The molecule has 1 saturated heterocycles. The van der Waals surface area contributed by atoms with Crippen molar-refractivity contribution in [3.05, 3.63) is 17.6 Å². The molecule has 0 aliphatic carbocycles. The number of nitrogens with zero attached hydrogens (tertiary/aromatic N) is 3. The van der Waals surface area contributed by atoms with Gasteiger partial charge < -0.3 is 10.5 Å². The molecule has 18 heavy (non-hydrogen) atoms. The highest BCUT2D eigenvalue weighted by atomic mass is 16.5. The van der Waals surface area contributed by atoms with E-state index in [1.807, 2.05) is 6.92 Å². The van der Waals surface area contributed by atoms with Crippen molar-refractivity contribution in [1.29, 1.82) is 0 Å². The zero-order valence-electron chi connectivity index (χ0n) is 11.4. The summed E-state index contributed by atoms with van der Waals surface area (Å²) in [6, 6.07) is 2.24. The highest BCUT2D eigenvalue weighted by Gasteiger charge is 2.26. The molecule has 0 amide bonds. The molecule has 5 nitrogen and oxygen atoms in total. The van der Waals surface area contributed by atoms with Gasteiger partial charge in [0.05, 0.1) is 19.3 Å². The summed E-state index contributed by atoms with van der Waals surface area (Å²) in [7, 11) is 0. The zero-order valence-corrected chi connectivity index (χ0v) is 11.4. The number of ether oxygens (including phenoxy) is 1. The van der Waals surface area contributed by atoms with E-state index in [9.17, 15) is 0 Å². The number of anilines is 1. The predicted molar refractivity (Wildman–Crippen MR) is 71.1 cm³/mol. The largest absolute Gasteiger partial charge is 0.384 e. The minimum atomic E-state index is 0.273. The van der Waals surface area contributed by atoms with Crippen molar-refractivity contribution in [2.75, 3.05) is 18.9 Å². The minimum Gasteiger partial charge on any atom is -0.384 e. The Morgan fingerprint density at radius 2 is 2.28 bits per heavy atom. The third kappa shape index (κ3) is 3.17.